The third-order valence-electron chi connectivity index (χ3n) is 18.8. The summed E-state index contributed by atoms with van der Waals surface area (Å²) in [5, 5.41) is 16.6. The summed E-state index contributed by atoms with van der Waals surface area (Å²) in [6, 6.07) is 4.87. The number of Topliss-reactive ketones (excluding diaryl/α,β-unsaturated/α-hetero) is 1. The number of benzene rings is 1. The van der Waals surface area contributed by atoms with E-state index in [9.17, 15) is 29.1 Å². The van der Waals surface area contributed by atoms with Crippen LogP contribution in [0.1, 0.15) is 151 Å². The first kappa shape index (κ1) is 48.5. The van der Waals surface area contributed by atoms with E-state index in [2.05, 4.69) is 59.1 Å². The van der Waals surface area contributed by atoms with E-state index < -0.39 is 40.2 Å². The van der Waals surface area contributed by atoms with Gasteiger partial charge < -0.3 is 30.1 Å². The molecule has 7 rings (SSSR count). The molecular formula is C52H76ClN3O8. The Labute approximate surface area is 386 Å². The highest BCUT2D eigenvalue weighted by Crippen LogP contribution is 2.76. The van der Waals surface area contributed by atoms with Gasteiger partial charge in [0.2, 0.25) is 5.91 Å². The van der Waals surface area contributed by atoms with Gasteiger partial charge in [0.1, 0.15) is 24.0 Å². The molecule has 0 saturated heterocycles. The number of carbonyl (C=O) groups excluding carboxylic acids is 4. The van der Waals surface area contributed by atoms with E-state index in [4.69, 9.17) is 21.1 Å². The molecular weight excluding hydrogens is 830 g/mol. The number of rotatable bonds is 12. The molecule has 0 heterocycles. The van der Waals surface area contributed by atoms with Crippen LogP contribution in [0.4, 0.5) is 0 Å². The fourth-order valence-corrected chi connectivity index (χ4v) is 15.0. The standard InChI is InChI=1S/C52H76ClN3O8/c1-29(2)40-35(57)28-52(55-45(62)48(7,8)54-42(58)31-15-14-30(53)26-36(31)63-25-24-56(12)13)23-22-50(10)32(41(40)52)16-17-38-49(9)20-19-39(47(5,6)37(49)18-21-51(38,50)11)64-44(61)34-27-33(43(59)60)46(34,3)4/h14-15,26,29,32-34,37-39H,16-25,27-28H2,1-13H3,(H,54,58)(H,55,62)(H,59,60)/t32-,33+,34-,37+,38-,39+,49+,50-,51-,52-/m1/s1. The highest BCUT2D eigenvalue weighted by atomic mass is 35.5. The van der Waals surface area contributed by atoms with Crippen molar-refractivity contribution in [2.24, 2.45) is 62.6 Å². The highest BCUT2D eigenvalue weighted by Gasteiger charge is 2.71. The van der Waals surface area contributed by atoms with Crippen molar-refractivity contribution in [1.82, 2.24) is 15.5 Å². The van der Waals surface area contributed by atoms with Crippen molar-refractivity contribution >= 4 is 41.1 Å². The van der Waals surface area contributed by atoms with Crippen LogP contribution in [0.15, 0.2) is 29.3 Å². The Morgan fingerprint density at radius 1 is 0.891 bits per heavy atom. The van der Waals surface area contributed by atoms with Crippen LogP contribution in [0.5, 0.6) is 5.75 Å². The third-order valence-corrected chi connectivity index (χ3v) is 19.0. The zero-order valence-electron chi connectivity index (χ0n) is 40.9. The van der Waals surface area contributed by atoms with E-state index >= 15 is 0 Å². The number of nitrogens with one attached hydrogen (secondary N) is 2. The number of hydrogen-bond acceptors (Lipinski definition) is 8. The molecule has 0 radical (unpaired) electrons. The fourth-order valence-electron chi connectivity index (χ4n) is 14.8. The number of halogens is 1. The lowest BCUT2D eigenvalue weighted by Crippen LogP contribution is -2.68. The molecule has 11 nitrogen and oxygen atoms in total. The van der Waals surface area contributed by atoms with Gasteiger partial charge in [-0.25, -0.2) is 0 Å². The van der Waals surface area contributed by atoms with E-state index in [1.54, 1.807) is 32.0 Å². The molecule has 0 unspecified atom stereocenters. The molecule has 64 heavy (non-hydrogen) atoms. The van der Waals surface area contributed by atoms with Crippen LogP contribution in [-0.4, -0.2) is 84.0 Å². The summed E-state index contributed by atoms with van der Waals surface area (Å²) in [4.78, 5) is 70.4. The minimum Gasteiger partial charge on any atom is -0.491 e. The normalized spacial score (nSPS) is 36.2. The van der Waals surface area contributed by atoms with Crippen LogP contribution >= 0.6 is 11.6 Å². The number of ketones is 1. The molecule has 5 fully saturated rings. The van der Waals surface area contributed by atoms with Gasteiger partial charge >= 0.3 is 11.9 Å². The lowest BCUT2D eigenvalue weighted by atomic mass is 9.33. The summed E-state index contributed by atoms with van der Waals surface area (Å²) < 4.78 is 12.4. The summed E-state index contributed by atoms with van der Waals surface area (Å²) in [7, 11) is 3.88. The Hall–Kier alpha value is -3.44. The van der Waals surface area contributed by atoms with Crippen LogP contribution in [0.2, 0.25) is 5.02 Å². The van der Waals surface area contributed by atoms with Gasteiger partial charge in [0.15, 0.2) is 5.78 Å². The molecule has 1 aromatic carbocycles. The molecule has 0 bridgehead atoms. The average Bonchev–Trinajstić information content (AvgIpc) is 3.47. The summed E-state index contributed by atoms with van der Waals surface area (Å²) in [5.74, 6) is -1.54. The van der Waals surface area contributed by atoms with Crippen molar-refractivity contribution in [2.45, 2.75) is 158 Å². The number of nitrogens with zero attached hydrogens (tertiary/aromatic N) is 1. The molecule has 5 saturated carbocycles. The SMILES string of the molecule is CC(C)C1=C2[C@H]3CC[C@@H]4[C@@]5(C)CC[C@H](OC(=O)[C@H]6C[C@@H](C(=O)O)C6(C)C)C(C)(C)[C@@H]5CC[C@@]4(C)[C@]3(C)CC[C@@]2(NC(=O)C(C)(C)NC(=O)c2ccc(Cl)cc2OCCN(C)C)CC1=O. The van der Waals surface area contributed by atoms with Crippen LogP contribution in [0.25, 0.3) is 0 Å². The summed E-state index contributed by atoms with van der Waals surface area (Å²) in [6.07, 6.45) is 7.49. The number of ether oxygens (including phenoxy) is 2. The van der Waals surface area contributed by atoms with Gasteiger partial charge in [-0.05, 0) is 160 Å². The predicted octanol–water partition coefficient (Wildman–Crippen LogP) is 9.30. The quantitative estimate of drug-likeness (QED) is 0.174. The molecule has 12 heteroatoms. The molecule has 10 atom stereocenters. The van der Waals surface area contributed by atoms with Gasteiger partial charge in [0.25, 0.3) is 5.91 Å². The van der Waals surface area contributed by atoms with Crippen LogP contribution < -0.4 is 15.4 Å². The van der Waals surface area contributed by atoms with E-state index in [1.165, 1.54) is 0 Å². The van der Waals surface area contributed by atoms with Crippen molar-refractivity contribution in [3.05, 3.63) is 39.9 Å². The maximum atomic E-state index is 14.6. The first-order valence-electron chi connectivity index (χ1n) is 24.0. The van der Waals surface area contributed by atoms with Gasteiger partial charge in [0, 0.05) is 23.4 Å². The second kappa shape index (κ2) is 16.4. The number of carbonyl (C=O) groups is 5. The smallest absolute Gasteiger partial charge is 0.309 e. The number of aliphatic carboxylic acids is 1. The Bertz CT molecular complexity index is 2130. The predicted molar refractivity (Wildman–Crippen MR) is 248 cm³/mol. The van der Waals surface area contributed by atoms with Crippen molar-refractivity contribution in [1.29, 1.82) is 0 Å². The number of fused-ring (bicyclic) bond motifs is 7. The minimum atomic E-state index is -1.33. The van der Waals surface area contributed by atoms with Crippen LogP contribution in [0, 0.1) is 62.6 Å². The number of esters is 1. The number of likely N-dealkylation sites (N-methyl/N-ethyl adjacent to an activating group) is 1. The molecule has 0 aromatic heterocycles. The number of carboxylic acid groups (broad SMARTS) is 1. The maximum absolute atomic E-state index is 14.6. The number of amides is 2. The second-order valence-corrected chi connectivity index (χ2v) is 24.3. The molecule has 6 aliphatic carbocycles. The molecule has 3 N–H and O–H groups in total. The zero-order valence-corrected chi connectivity index (χ0v) is 41.6. The molecule has 6 aliphatic rings. The van der Waals surface area contributed by atoms with Crippen molar-refractivity contribution in [2.75, 3.05) is 27.2 Å². The largest absolute Gasteiger partial charge is 0.491 e. The molecule has 1 aromatic rings. The van der Waals surface area contributed by atoms with Gasteiger partial charge in [-0.2, -0.15) is 0 Å². The van der Waals surface area contributed by atoms with Gasteiger partial charge in [0.05, 0.1) is 22.9 Å². The van der Waals surface area contributed by atoms with Gasteiger partial charge in [-0.15, -0.1) is 0 Å². The van der Waals surface area contributed by atoms with E-state index in [0.29, 0.717) is 48.6 Å². The van der Waals surface area contributed by atoms with Crippen LogP contribution in [-0.2, 0) is 23.9 Å². The van der Waals surface area contributed by atoms with Gasteiger partial charge in [-0.1, -0.05) is 73.9 Å². The van der Waals surface area contributed by atoms with Crippen molar-refractivity contribution < 1.29 is 38.6 Å². The summed E-state index contributed by atoms with van der Waals surface area (Å²) >= 11 is 6.31. The molecule has 354 valence electrons. The third kappa shape index (κ3) is 7.62. The van der Waals surface area contributed by atoms with Crippen molar-refractivity contribution in [3.8, 4) is 5.75 Å². The van der Waals surface area contributed by atoms with E-state index in [0.717, 1.165) is 56.1 Å². The highest BCUT2D eigenvalue weighted by molar-refractivity contribution is 6.30. The Balaban J connectivity index is 1.12. The topological polar surface area (TPSA) is 151 Å². The van der Waals surface area contributed by atoms with Crippen molar-refractivity contribution in [3.63, 3.8) is 0 Å². The zero-order chi connectivity index (χ0) is 47.3. The summed E-state index contributed by atoms with van der Waals surface area (Å²) in [6.45, 7) is 24.4. The second-order valence-electron chi connectivity index (χ2n) is 23.9. The first-order valence-corrected chi connectivity index (χ1v) is 24.4. The molecule has 0 spiro atoms. The fraction of sp³-hybridized carbons (Fsp3) is 0.750. The Morgan fingerprint density at radius 3 is 2.20 bits per heavy atom. The lowest BCUT2D eigenvalue weighted by molar-refractivity contribution is -0.235. The Morgan fingerprint density at radius 2 is 1.58 bits per heavy atom. The van der Waals surface area contributed by atoms with Gasteiger partial charge in [-0.3, -0.25) is 24.0 Å². The molecule has 2 amide bonds. The number of allylic oxidation sites excluding steroid dienone is 1. The maximum Gasteiger partial charge on any atom is 0.309 e. The van der Waals surface area contributed by atoms with E-state index in [-0.39, 0.29) is 69.2 Å². The Kier molecular flexibility index (Phi) is 12.4. The number of hydrogen-bond donors (Lipinski definition) is 3. The first-order chi connectivity index (χ1) is 29.6. The van der Waals surface area contributed by atoms with E-state index in [1.807, 2.05) is 32.8 Å². The number of carboxylic acids is 1. The van der Waals surface area contributed by atoms with Crippen LogP contribution in [0.3, 0.4) is 0 Å². The lowest BCUT2D eigenvalue weighted by Gasteiger charge is -2.72. The average molecular weight is 907 g/mol. The molecule has 0 aliphatic heterocycles. The summed E-state index contributed by atoms with van der Waals surface area (Å²) in [5.41, 5.74) is -0.967. The minimum absolute atomic E-state index is 0.00457. The monoisotopic (exact) mass is 906 g/mol.